The van der Waals surface area contributed by atoms with Crippen molar-refractivity contribution in [2.45, 2.75) is 39.5 Å². The van der Waals surface area contributed by atoms with Crippen molar-refractivity contribution in [1.29, 1.82) is 0 Å². The zero-order valence-corrected chi connectivity index (χ0v) is 25.8. The molecule has 2 heterocycles. The van der Waals surface area contributed by atoms with Gasteiger partial charge in [0.15, 0.2) is 0 Å². The highest BCUT2D eigenvalue weighted by atomic mass is 35.5. The molecule has 13 heteroatoms. The third kappa shape index (κ3) is 14.1. The number of amidine groups is 2. The summed E-state index contributed by atoms with van der Waals surface area (Å²) >= 11 is 0. The first-order valence-corrected chi connectivity index (χ1v) is 12.0. The number of nitrogens with zero attached hydrogens (tertiary/aromatic N) is 2. The number of aliphatic imine (C=N–C) groups is 2. The predicted octanol–water partition coefficient (Wildman–Crippen LogP) is 4.34. The fourth-order valence-electron chi connectivity index (χ4n) is 3.65. The van der Waals surface area contributed by atoms with Crippen LogP contribution in [0, 0.1) is 13.8 Å². The van der Waals surface area contributed by atoms with E-state index < -0.39 is 0 Å². The van der Waals surface area contributed by atoms with Crippen LogP contribution in [0.25, 0.3) is 0 Å². The highest BCUT2D eigenvalue weighted by Gasteiger charge is 2.07. The van der Waals surface area contributed by atoms with Gasteiger partial charge in [-0.2, -0.15) is 0 Å². The molecule has 8 N–H and O–H groups in total. The highest BCUT2D eigenvalue weighted by Crippen LogP contribution is 2.23. The molecule has 0 radical (unpaired) electrons. The lowest BCUT2D eigenvalue weighted by molar-refractivity contribution is 0.311. The number of nitrogens with two attached hydrogens (primary N) is 2. The molecular formula is C26H44Cl4N6O3. The lowest BCUT2D eigenvalue weighted by atomic mass is 10.2. The van der Waals surface area contributed by atoms with Gasteiger partial charge < -0.3 is 37.1 Å². The number of benzene rings is 2. The minimum atomic E-state index is 0. The van der Waals surface area contributed by atoms with Crippen LogP contribution in [0.5, 0.6) is 11.5 Å². The average Bonchev–Trinajstić information content (AvgIpc) is 3.55. The van der Waals surface area contributed by atoms with Crippen LogP contribution in [-0.2, 0) is 0 Å². The van der Waals surface area contributed by atoms with E-state index in [-0.39, 0.29) is 55.1 Å². The summed E-state index contributed by atoms with van der Waals surface area (Å²) in [5.74, 6) is 3.98. The van der Waals surface area contributed by atoms with Crippen molar-refractivity contribution < 1.29 is 14.9 Å². The Morgan fingerprint density at radius 3 is 1.41 bits per heavy atom. The third-order valence-corrected chi connectivity index (χ3v) is 5.77. The Kier molecular flexibility index (Phi) is 23.8. The minimum absolute atomic E-state index is 0. The number of hydrogen-bond acceptors (Lipinski definition) is 8. The summed E-state index contributed by atoms with van der Waals surface area (Å²) in [6.07, 6.45) is 3.86. The van der Waals surface area contributed by atoms with Gasteiger partial charge in [-0.15, -0.1) is 49.6 Å². The first-order chi connectivity index (χ1) is 16.5. The Morgan fingerprint density at radius 1 is 0.692 bits per heavy atom. The van der Waals surface area contributed by atoms with Crippen molar-refractivity contribution in [2.75, 3.05) is 50.9 Å². The molecule has 2 aromatic rings. The molecule has 0 unspecified atom stereocenters. The molecule has 0 fully saturated rings. The van der Waals surface area contributed by atoms with E-state index >= 15 is 0 Å². The van der Waals surface area contributed by atoms with E-state index in [1.807, 2.05) is 50.2 Å². The number of nitrogen functional groups attached to an aromatic ring is 2. The van der Waals surface area contributed by atoms with Gasteiger partial charge in [0, 0.05) is 48.4 Å². The number of nitrogens with one attached hydrogen (secondary N) is 2. The number of ether oxygens (including phenoxy) is 2. The third-order valence-electron chi connectivity index (χ3n) is 5.77. The van der Waals surface area contributed by atoms with Gasteiger partial charge in [0.1, 0.15) is 11.5 Å². The number of hydrogen-bond donors (Lipinski definition) is 4. The van der Waals surface area contributed by atoms with Gasteiger partial charge in [-0.25, -0.2) is 0 Å². The Balaban J connectivity index is -0.000000589. The second-order valence-electron chi connectivity index (χ2n) is 8.36. The molecule has 0 atom stereocenters. The van der Waals surface area contributed by atoms with E-state index in [0.29, 0.717) is 13.2 Å². The van der Waals surface area contributed by atoms with Crippen LogP contribution < -0.4 is 31.6 Å². The van der Waals surface area contributed by atoms with Crippen LogP contribution in [0.15, 0.2) is 46.4 Å². The average molecular weight is 630 g/mol. The van der Waals surface area contributed by atoms with Gasteiger partial charge in [0.2, 0.25) is 0 Å². The molecule has 2 aliphatic heterocycles. The van der Waals surface area contributed by atoms with E-state index in [4.69, 9.17) is 20.9 Å². The maximum Gasteiger partial charge on any atom is 0.124 e. The van der Waals surface area contributed by atoms with Gasteiger partial charge in [0.05, 0.1) is 38.0 Å². The Labute approximate surface area is 256 Å². The van der Waals surface area contributed by atoms with Crippen LogP contribution in [0.2, 0.25) is 0 Å². The van der Waals surface area contributed by atoms with Crippen molar-refractivity contribution in [2.24, 2.45) is 9.98 Å². The largest absolute Gasteiger partial charge is 0.493 e. The molecule has 0 saturated heterocycles. The van der Waals surface area contributed by atoms with Gasteiger partial charge in [0.25, 0.3) is 0 Å². The predicted molar refractivity (Wildman–Crippen MR) is 174 cm³/mol. The van der Waals surface area contributed by atoms with Gasteiger partial charge in [-0.05, 0) is 51.0 Å². The normalized spacial score (nSPS) is 12.5. The zero-order chi connectivity index (χ0) is 24.2. The van der Waals surface area contributed by atoms with Crippen LogP contribution in [-0.4, -0.2) is 56.5 Å². The molecule has 0 spiro atoms. The summed E-state index contributed by atoms with van der Waals surface area (Å²) in [6.45, 7) is 9.13. The van der Waals surface area contributed by atoms with E-state index in [1.54, 1.807) is 0 Å². The van der Waals surface area contributed by atoms with Crippen LogP contribution >= 0.6 is 49.6 Å². The smallest absolute Gasteiger partial charge is 0.124 e. The van der Waals surface area contributed by atoms with Crippen LogP contribution in [0.3, 0.4) is 0 Å². The van der Waals surface area contributed by atoms with Crippen molar-refractivity contribution >= 4 is 72.7 Å². The molecule has 0 aliphatic carbocycles. The summed E-state index contributed by atoms with van der Waals surface area (Å²) in [4.78, 5) is 8.68. The lowest BCUT2D eigenvalue weighted by Crippen LogP contribution is -2.18. The molecule has 2 aliphatic rings. The maximum absolute atomic E-state index is 5.82. The topological polar surface area (TPSA) is 151 Å². The molecule has 0 bridgehead atoms. The second kappa shape index (κ2) is 22.5. The second-order valence-corrected chi connectivity index (χ2v) is 8.36. The zero-order valence-electron chi connectivity index (χ0n) is 22.5. The number of rotatable bonds is 10. The Morgan fingerprint density at radius 2 is 1.08 bits per heavy atom. The maximum atomic E-state index is 5.82. The van der Waals surface area contributed by atoms with E-state index in [0.717, 1.165) is 97.5 Å². The minimum Gasteiger partial charge on any atom is -0.493 e. The molecule has 39 heavy (non-hydrogen) atoms. The van der Waals surface area contributed by atoms with Gasteiger partial charge >= 0.3 is 0 Å². The summed E-state index contributed by atoms with van der Waals surface area (Å²) in [7, 11) is 0. The molecule has 9 nitrogen and oxygen atoms in total. The van der Waals surface area contributed by atoms with Crippen molar-refractivity contribution in [1.82, 2.24) is 10.6 Å². The van der Waals surface area contributed by atoms with E-state index in [9.17, 15) is 0 Å². The van der Waals surface area contributed by atoms with Crippen molar-refractivity contribution in [3.05, 3.63) is 47.5 Å². The first-order valence-electron chi connectivity index (χ1n) is 12.0. The molecule has 0 saturated carbocycles. The summed E-state index contributed by atoms with van der Waals surface area (Å²) in [5.41, 5.74) is 15.2. The van der Waals surface area contributed by atoms with E-state index in [1.165, 1.54) is 0 Å². The Hall–Kier alpha value is -2.30. The molecule has 4 rings (SSSR count). The summed E-state index contributed by atoms with van der Waals surface area (Å²) in [6, 6.07) is 11.5. The van der Waals surface area contributed by atoms with Crippen LogP contribution in [0.1, 0.15) is 36.8 Å². The summed E-state index contributed by atoms with van der Waals surface area (Å²) < 4.78 is 11.4. The van der Waals surface area contributed by atoms with Crippen LogP contribution in [0.4, 0.5) is 11.4 Å². The molecule has 2 aromatic carbocycles. The lowest BCUT2D eigenvalue weighted by Gasteiger charge is -2.10. The molecule has 0 aromatic heterocycles. The Bertz CT molecular complexity index is 932. The molecule has 224 valence electrons. The van der Waals surface area contributed by atoms with Crippen molar-refractivity contribution in [3.63, 3.8) is 0 Å². The SMILES string of the molecule is Cc1c(N)cccc1OCCCC1=NCCN1.Cc1c(N)cccc1OCCCC1=NCCN1.Cl.Cl.Cl.Cl.O. The summed E-state index contributed by atoms with van der Waals surface area (Å²) in [5, 5.41) is 6.50. The molecular weight excluding hydrogens is 586 g/mol. The monoisotopic (exact) mass is 628 g/mol. The number of halogens is 4. The van der Waals surface area contributed by atoms with Gasteiger partial charge in [-0.1, -0.05) is 12.1 Å². The number of anilines is 2. The fraction of sp³-hybridized carbons (Fsp3) is 0.462. The van der Waals surface area contributed by atoms with Gasteiger partial charge in [-0.3, -0.25) is 9.98 Å². The molecule has 0 amide bonds. The highest BCUT2D eigenvalue weighted by molar-refractivity contribution is 5.86. The van der Waals surface area contributed by atoms with E-state index in [2.05, 4.69) is 20.6 Å². The van der Waals surface area contributed by atoms with Crippen molar-refractivity contribution in [3.8, 4) is 11.5 Å². The fourth-order valence-corrected chi connectivity index (χ4v) is 3.65. The quantitative estimate of drug-likeness (QED) is 0.227. The standard InChI is InChI=1S/2C13H19N3O.4ClH.H2O/c2*1-10-11(14)4-2-5-12(10)17-9-3-6-13-15-7-8-16-13;;;;;/h2*2,4-5H,3,6-9,14H2,1H3,(H,15,16);4*1H;1H2. The first kappa shape index (κ1) is 41.2.